The Labute approximate surface area is 148 Å². The smallest absolute Gasteiger partial charge is 0.221 e. The Balaban J connectivity index is 1.36. The van der Waals surface area contributed by atoms with Crippen molar-refractivity contribution in [3.8, 4) is 0 Å². The van der Waals surface area contributed by atoms with Gasteiger partial charge in [0.15, 0.2) is 0 Å². The Hall–Kier alpha value is -2.59. The van der Waals surface area contributed by atoms with Crippen molar-refractivity contribution in [3.05, 3.63) is 71.9 Å². The van der Waals surface area contributed by atoms with E-state index in [-0.39, 0.29) is 11.9 Å². The van der Waals surface area contributed by atoms with Gasteiger partial charge in [-0.1, -0.05) is 48.5 Å². The molecule has 1 heterocycles. The first kappa shape index (κ1) is 17.2. The lowest BCUT2D eigenvalue weighted by Crippen LogP contribution is -2.30. The van der Waals surface area contributed by atoms with Crippen molar-refractivity contribution in [2.75, 3.05) is 13.1 Å². The Morgan fingerprint density at radius 2 is 1.80 bits per heavy atom. The SMILES string of the molecule is CC(NC(=O)CCNCCc1c[nH]c2ccccc12)c1ccccc1. The molecule has 4 heteroatoms. The van der Waals surface area contributed by atoms with E-state index in [0.717, 1.165) is 18.5 Å². The number of benzene rings is 2. The molecular formula is C21H25N3O. The highest BCUT2D eigenvalue weighted by Gasteiger charge is 2.08. The molecule has 1 aromatic heterocycles. The molecule has 2 aromatic carbocycles. The van der Waals surface area contributed by atoms with Gasteiger partial charge >= 0.3 is 0 Å². The zero-order valence-corrected chi connectivity index (χ0v) is 14.6. The number of amides is 1. The van der Waals surface area contributed by atoms with Crippen LogP contribution in [-0.2, 0) is 11.2 Å². The molecule has 130 valence electrons. The molecule has 1 unspecified atom stereocenters. The molecule has 25 heavy (non-hydrogen) atoms. The minimum absolute atomic E-state index is 0.0416. The van der Waals surface area contributed by atoms with E-state index < -0.39 is 0 Å². The maximum absolute atomic E-state index is 12.0. The first-order chi connectivity index (χ1) is 12.2. The number of carbonyl (C=O) groups excluding carboxylic acids is 1. The van der Waals surface area contributed by atoms with Crippen molar-refractivity contribution in [2.45, 2.75) is 25.8 Å². The summed E-state index contributed by atoms with van der Waals surface area (Å²) < 4.78 is 0. The van der Waals surface area contributed by atoms with Gasteiger partial charge in [0.25, 0.3) is 0 Å². The average Bonchev–Trinajstić information content (AvgIpc) is 3.05. The number of rotatable bonds is 8. The molecule has 0 fully saturated rings. The molecule has 3 N–H and O–H groups in total. The third-order valence-electron chi connectivity index (χ3n) is 4.45. The number of aromatic nitrogens is 1. The van der Waals surface area contributed by atoms with E-state index in [1.165, 1.54) is 16.5 Å². The molecule has 0 bridgehead atoms. The second-order valence-electron chi connectivity index (χ2n) is 6.31. The van der Waals surface area contributed by atoms with E-state index in [4.69, 9.17) is 0 Å². The Morgan fingerprint density at radius 1 is 1.04 bits per heavy atom. The van der Waals surface area contributed by atoms with Crippen LogP contribution in [0.5, 0.6) is 0 Å². The summed E-state index contributed by atoms with van der Waals surface area (Å²) in [7, 11) is 0. The summed E-state index contributed by atoms with van der Waals surface area (Å²) in [6.45, 7) is 3.57. The maximum atomic E-state index is 12.0. The molecular weight excluding hydrogens is 310 g/mol. The molecule has 0 saturated carbocycles. The largest absolute Gasteiger partial charge is 0.361 e. The van der Waals surface area contributed by atoms with Crippen molar-refractivity contribution < 1.29 is 4.79 Å². The fraction of sp³-hybridized carbons (Fsp3) is 0.286. The van der Waals surface area contributed by atoms with Gasteiger partial charge in [-0.05, 0) is 37.1 Å². The van der Waals surface area contributed by atoms with E-state index >= 15 is 0 Å². The molecule has 3 rings (SSSR count). The monoisotopic (exact) mass is 335 g/mol. The predicted octanol–water partition coefficient (Wildman–Crippen LogP) is 3.57. The Morgan fingerprint density at radius 3 is 2.64 bits per heavy atom. The van der Waals surface area contributed by atoms with Gasteiger partial charge in [0.2, 0.25) is 5.91 Å². The van der Waals surface area contributed by atoms with Crippen LogP contribution in [0.4, 0.5) is 0 Å². The van der Waals surface area contributed by atoms with Gasteiger partial charge in [-0.3, -0.25) is 4.79 Å². The number of H-pyrrole nitrogens is 1. The van der Waals surface area contributed by atoms with Crippen LogP contribution in [0.25, 0.3) is 10.9 Å². The van der Waals surface area contributed by atoms with Crippen LogP contribution in [0, 0.1) is 0 Å². The summed E-state index contributed by atoms with van der Waals surface area (Å²) in [5.74, 6) is 0.0796. The van der Waals surface area contributed by atoms with Gasteiger partial charge in [-0.15, -0.1) is 0 Å². The van der Waals surface area contributed by atoms with Crippen molar-refractivity contribution in [2.24, 2.45) is 0 Å². The molecule has 4 nitrogen and oxygen atoms in total. The summed E-state index contributed by atoms with van der Waals surface area (Å²) >= 11 is 0. The van der Waals surface area contributed by atoms with E-state index in [2.05, 4.69) is 40.0 Å². The summed E-state index contributed by atoms with van der Waals surface area (Å²) in [4.78, 5) is 15.3. The minimum Gasteiger partial charge on any atom is -0.361 e. The topological polar surface area (TPSA) is 56.9 Å². The number of hydrogen-bond donors (Lipinski definition) is 3. The summed E-state index contributed by atoms with van der Waals surface area (Å²) in [5.41, 5.74) is 3.61. The zero-order valence-electron chi connectivity index (χ0n) is 14.6. The van der Waals surface area contributed by atoms with Crippen molar-refractivity contribution >= 4 is 16.8 Å². The second-order valence-corrected chi connectivity index (χ2v) is 6.31. The fourth-order valence-corrected chi connectivity index (χ4v) is 3.03. The number of para-hydroxylation sites is 1. The number of carbonyl (C=O) groups is 1. The fourth-order valence-electron chi connectivity index (χ4n) is 3.03. The second kappa shape index (κ2) is 8.49. The van der Waals surface area contributed by atoms with Gasteiger partial charge < -0.3 is 15.6 Å². The highest BCUT2D eigenvalue weighted by Crippen LogP contribution is 2.17. The van der Waals surface area contributed by atoms with Crippen LogP contribution < -0.4 is 10.6 Å². The van der Waals surface area contributed by atoms with Crippen LogP contribution >= 0.6 is 0 Å². The maximum Gasteiger partial charge on any atom is 0.221 e. The van der Waals surface area contributed by atoms with Crippen molar-refractivity contribution in [1.82, 2.24) is 15.6 Å². The first-order valence-corrected chi connectivity index (χ1v) is 8.84. The van der Waals surface area contributed by atoms with Gasteiger partial charge in [-0.2, -0.15) is 0 Å². The summed E-state index contributed by atoms with van der Waals surface area (Å²) in [6.07, 6.45) is 3.51. The Kier molecular flexibility index (Phi) is 5.86. The standard InChI is InChI=1S/C21H25N3O/c1-16(17-7-3-2-4-8-17)24-21(25)12-14-22-13-11-18-15-23-20-10-6-5-9-19(18)20/h2-10,15-16,22-23H,11-14H2,1H3,(H,24,25). The summed E-state index contributed by atoms with van der Waals surface area (Å²) in [5, 5.41) is 7.68. The van der Waals surface area contributed by atoms with Crippen LogP contribution in [0.1, 0.15) is 30.5 Å². The number of nitrogens with one attached hydrogen (secondary N) is 3. The van der Waals surface area contributed by atoms with Crippen molar-refractivity contribution in [3.63, 3.8) is 0 Å². The van der Waals surface area contributed by atoms with Gasteiger partial charge in [-0.25, -0.2) is 0 Å². The molecule has 0 aliphatic rings. The minimum atomic E-state index is 0.0416. The van der Waals surface area contributed by atoms with Gasteiger partial charge in [0, 0.05) is 30.1 Å². The molecule has 0 radical (unpaired) electrons. The quantitative estimate of drug-likeness (QED) is 0.551. The molecule has 3 aromatic rings. The molecule has 0 aliphatic heterocycles. The van der Waals surface area contributed by atoms with E-state index in [1.54, 1.807) is 0 Å². The Bertz CT molecular complexity index is 810. The molecule has 0 aliphatic carbocycles. The first-order valence-electron chi connectivity index (χ1n) is 8.84. The van der Waals surface area contributed by atoms with E-state index in [9.17, 15) is 4.79 Å². The predicted molar refractivity (Wildman–Crippen MR) is 102 cm³/mol. The molecule has 1 amide bonds. The van der Waals surface area contributed by atoms with Crippen LogP contribution in [0.3, 0.4) is 0 Å². The highest BCUT2D eigenvalue weighted by atomic mass is 16.1. The zero-order chi connectivity index (χ0) is 17.5. The lowest BCUT2D eigenvalue weighted by Gasteiger charge is -2.14. The normalized spacial score (nSPS) is 12.2. The number of aromatic amines is 1. The van der Waals surface area contributed by atoms with Gasteiger partial charge in [0.1, 0.15) is 0 Å². The van der Waals surface area contributed by atoms with Crippen LogP contribution in [0.2, 0.25) is 0 Å². The third-order valence-corrected chi connectivity index (χ3v) is 4.45. The van der Waals surface area contributed by atoms with Crippen LogP contribution in [-0.4, -0.2) is 24.0 Å². The number of hydrogen-bond acceptors (Lipinski definition) is 2. The molecule has 1 atom stereocenters. The lowest BCUT2D eigenvalue weighted by molar-refractivity contribution is -0.121. The average molecular weight is 335 g/mol. The molecule has 0 saturated heterocycles. The third kappa shape index (κ3) is 4.70. The highest BCUT2D eigenvalue weighted by molar-refractivity contribution is 5.83. The van der Waals surface area contributed by atoms with Gasteiger partial charge in [0.05, 0.1) is 6.04 Å². The molecule has 0 spiro atoms. The summed E-state index contributed by atoms with van der Waals surface area (Å²) in [6, 6.07) is 18.4. The van der Waals surface area contributed by atoms with Crippen LogP contribution in [0.15, 0.2) is 60.8 Å². The number of fused-ring (bicyclic) bond motifs is 1. The van der Waals surface area contributed by atoms with E-state index in [0.29, 0.717) is 13.0 Å². The lowest BCUT2D eigenvalue weighted by atomic mass is 10.1. The van der Waals surface area contributed by atoms with E-state index in [1.807, 2.05) is 43.3 Å². The van der Waals surface area contributed by atoms with Crippen molar-refractivity contribution in [1.29, 1.82) is 0 Å².